The van der Waals surface area contributed by atoms with Crippen LogP contribution < -0.4 is 11.5 Å². The van der Waals surface area contributed by atoms with Crippen LogP contribution in [-0.4, -0.2) is 43.8 Å². The Kier molecular flexibility index (Phi) is 5.49. The van der Waals surface area contributed by atoms with E-state index in [1.165, 1.54) is 0 Å². The average Bonchev–Trinajstić information content (AvgIpc) is 2.16. The number of unbranched alkanes of at least 4 members (excludes halogenated alkanes) is 2. The van der Waals surface area contributed by atoms with Gasteiger partial charge in [0.05, 0.1) is 0 Å². The van der Waals surface area contributed by atoms with Crippen LogP contribution in [0, 0.1) is 0 Å². The van der Waals surface area contributed by atoms with Crippen LogP contribution in [0.25, 0.3) is 0 Å². The zero-order chi connectivity index (χ0) is 13.7. The van der Waals surface area contributed by atoms with Crippen molar-refractivity contribution in [2.24, 2.45) is 11.5 Å². The predicted molar refractivity (Wildman–Crippen MR) is 56.6 cm³/mol. The molecule has 100 valence electrons. The van der Waals surface area contributed by atoms with Gasteiger partial charge in [-0.25, -0.2) is 9.59 Å². The molecule has 0 heterocycles. The first-order chi connectivity index (χ1) is 7.59. The van der Waals surface area contributed by atoms with Crippen molar-refractivity contribution in [2.75, 3.05) is 0 Å². The van der Waals surface area contributed by atoms with E-state index in [-0.39, 0.29) is 25.7 Å². The maximum absolute atomic E-state index is 10.4. The van der Waals surface area contributed by atoms with E-state index in [1.54, 1.807) is 0 Å². The Bertz CT molecular complexity index is 261. The van der Waals surface area contributed by atoms with Gasteiger partial charge in [-0.15, -0.1) is 0 Å². The van der Waals surface area contributed by atoms with Crippen molar-refractivity contribution in [2.45, 2.75) is 43.6 Å². The Balaban J connectivity index is 3.81. The summed E-state index contributed by atoms with van der Waals surface area (Å²) >= 11 is 0. The molecular weight excluding hydrogens is 232 g/mol. The van der Waals surface area contributed by atoms with E-state index < -0.39 is 23.4 Å². The zero-order valence-corrected chi connectivity index (χ0v) is 9.30. The molecular formula is C9H18N2O6. The lowest BCUT2D eigenvalue weighted by atomic mass is 10.0. The molecule has 0 aliphatic carbocycles. The van der Waals surface area contributed by atoms with Gasteiger partial charge in [0.25, 0.3) is 0 Å². The molecule has 0 aliphatic heterocycles. The van der Waals surface area contributed by atoms with Gasteiger partial charge in [0, 0.05) is 12.8 Å². The van der Waals surface area contributed by atoms with Gasteiger partial charge in [-0.1, -0.05) is 6.42 Å². The van der Waals surface area contributed by atoms with E-state index in [2.05, 4.69) is 0 Å². The van der Waals surface area contributed by atoms with Gasteiger partial charge in [0.2, 0.25) is 11.4 Å². The van der Waals surface area contributed by atoms with Crippen molar-refractivity contribution in [3.63, 3.8) is 0 Å². The van der Waals surface area contributed by atoms with Crippen molar-refractivity contribution in [3.05, 3.63) is 0 Å². The number of hydrogen-bond donors (Lipinski definition) is 6. The van der Waals surface area contributed by atoms with Gasteiger partial charge in [-0.3, -0.25) is 11.5 Å². The number of aliphatic hydroxyl groups is 2. The third-order valence-electron chi connectivity index (χ3n) is 2.36. The van der Waals surface area contributed by atoms with E-state index in [0.29, 0.717) is 6.42 Å². The zero-order valence-electron chi connectivity index (χ0n) is 9.30. The van der Waals surface area contributed by atoms with Gasteiger partial charge in [-0.05, 0) is 12.8 Å². The van der Waals surface area contributed by atoms with Crippen molar-refractivity contribution in [1.29, 1.82) is 0 Å². The molecule has 0 aromatic rings. The molecule has 0 saturated carbocycles. The van der Waals surface area contributed by atoms with Crippen molar-refractivity contribution >= 4 is 11.9 Å². The van der Waals surface area contributed by atoms with Crippen LogP contribution in [-0.2, 0) is 9.59 Å². The third kappa shape index (κ3) is 5.59. The SMILES string of the molecule is NC(O)(CCCCCC(N)(O)C(=O)O)C(=O)O. The molecule has 8 N–H and O–H groups in total. The predicted octanol–water partition coefficient (Wildman–Crippen LogP) is -1.60. The lowest BCUT2D eigenvalue weighted by molar-refractivity contribution is -0.158. The number of carboxylic acids is 2. The second kappa shape index (κ2) is 5.92. The Morgan fingerprint density at radius 3 is 1.35 bits per heavy atom. The molecule has 0 saturated heterocycles. The minimum atomic E-state index is -2.27. The van der Waals surface area contributed by atoms with Gasteiger partial charge >= 0.3 is 11.9 Å². The van der Waals surface area contributed by atoms with Crippen LogP contribution >= 0.6 is 0 Å². The fraction of sp³-hybridized carbons (Fsp3) is 0.778. The largest absolute Gasteiger partial charge is 0.478 e. The topological polar surface area (TPSA) is 167 Å². The Labute approximate surface area is 97.8 Å². The first-order valence-electron chi connectivity index (χ1n) is 5.09. The number of rotatable bonds is 8. The summed E-state index contributed by atoms with van der Waals surface area (Å²) in [7, 11) is 0. The molecule has 0 radical (unpaired) electrons. The highest BCUT2D eigenvalue weighted by Gasteiger charge is 2.31. The molecule has 0 fully saturated rings. The highest BCUT2D eigenvalue weighted by Crippen LogP contribution is 2.14. The van der Waals surface area contributed by atoms with Gasteiger partial charge in [0.15, 0.2) is 0 Å². The molecule has 0 amide bonds. The van der Waals surface area contributed by atoms with Crippen LogP contribution in [0.4, 0.5) is 0 Å². The number of hydrogen-bond acceptors (Lipinski definition) is 6. The number of aliphatic carboxylic acids is 2. The minimum absolute atomic E-state index is 0.154. The fourth-order valence-corrected chi connectivity index (χ4v) is 1.18. The van der Waals surface area contributed by atoms with Crippen LogP contribution in [0.1, 0.15) is 32.1 Å². The van der Waals surface area contributed by atoms with E-state index in [1.807, 2.05) is 0 Å². The highest BCUT2D eigenvalue weighted by atomic mass is 16.4. The summed E-state index contributed by atoms with van der Waals surface area (Å²) in [5.74, 6) is -3.03. The van der Waals surface area contributed by atoms with E-state index in [0.717, 1.165) is 0 Å². The first-order valence-corrected chi connectivity index (χ1v) is 5.09. The van der Waals surface area contributed by atoms with Crippen LogP contribution in [0.15, 0.2) is 0 Å². The second-order valence-electron chi connectivity index (χ2n) is 4.02. The molecule has 0 spiro atoms. The third-order valence-corrected chi connectivity index (χ3v) is 2.36. The average molecular weight is 250 g/mol. The molecule has 8 nitrogen and oxygen atoms in total. The summed E-state index contributed by atoms with van der Waals surface area (Å²) in [6.07, 6.45) is 0.667. The monoisotopic (exact) mass is 250 g/mol. The van der Waals surface area contributed by atoms with Crippen molar-refractivity contribution < 1.29 is 30.0 Å². The summed E-state index contributed by atoms with van der Waals surface area (Å²) < 4.78 is 0. The maximum atomic E-state index is 10.4. The molecule has 17 heavy (non-hydrogen) atoms. The van der Waals surface area contributed by atoms with E-state index in [4.69, 9.17) is 31.9 Å². The summed E-state index contributed by atoms with van der Waals surface area (Å²) in [5, 5.41) is 35.3. The molecule has 0 bridgehead atoms. The lowest BCUT2D eigenvalue weighted by Crippen LogP contribution is -2.48. The summed E-state index contributed by atoms with van der Waals surface area (Å²) in [5.41, 5.74) is 5.58. The smallest absolute Gasteiger partial charge is 0.350 e. The normalized spacial score (nSPS) is 18.1. The van der Waals surface area contributed by atoms with Crippen LogP contribution in [0.3, 0.4) is 0 Å². The summed E-state index contributed by atoms with van der Waals surface area (Å²) in [4.78, 5) is 20.8. The standard InChI is InChI=1S/C9H18N2O6/c10-8(16,6(12)13)4-2-1-3-5-9(11,17)7(14)15/h16-17H,1-5,10-11H2,(H,12,13)(H,14,15). The van der Waals surface area contributed by atoms with Gasteiger partial charge < -0.3 is 20.4 Å². The number of carboxylic acid groups (broad SMARTS) is 2. The van der Waals surface area contributed by atoms with Crippen LogP contribution in [0.2, 0.25) is 0 Å². The minimum Gasteiger partial charge on any atom is -0.478 e. The molecule has 8 heteroatoms. The summed E-state index contributed by atoms with van der Waals surface area (Å²) in [6.45, 7) is 0. The Morgan fingerprint density at radius 1 is 0.824 bits per heavy atom. The maximum Gasteiger partial charge on any atom is 0.350 e. The quantitative estimate of drug-likeness (QED) is 0.221. The van der Waals surface area contributed by atoms with E-state index in [9.17, 15) is 9.59 Å². The Morgan fingerprint density at radius 2 is 1.12 bits per heavy atom. The Hall–Kier alpha value is -1.22. The molecule has 0 rings (SSSR count). The van der Waals surface area contributed by atoms with Gasteiger partial charge in [-0.2, -0.15) is 0 Å². The number of carbonyl (C=O) groups is 2. The van der Waals surface area contributed by atoms with Crippen molar-refractivity contribution in [1.82, 2.24) is 0 Å². The van der Waals surface area contributed by atoms with E-state index >= 15 is 0 Å². The molecule has 0 aliphatic rings. The lowest BCUT2D eigenvalue weighted by Gasteiger charge is -2.19. The fourth-order valence-electron chi connectivity index (χ4n) is 1.18. The molecule has 2 unspecified atom stereocenters. The molecule has 0 aromatic carbocycles. The number of nitrogens with two attached hydrogens (primary N) is 2. The van der Waals surface area contributed by atoms with Crippen LogP contribution in [0.5, 0.6) is 0 Å². The van der Waals surface area contributed by atoms with Gasteiger partial charge in [0.1, 0.15) is 0 Å². The highest BCUT2D eigenvalue weighted by molar-refractivity contribution is 5.76. The molecule has 0 aromatic heterocycles. The van der Waals surface area contributed by atoms with Crippen molar-refractivity contribution in [3.8, 4) is 0 Å². The summed E-state index contributed by atoms with van der Waals surface area (Å²) in [6, 6.07) is 0. The molecule has 2 atom stereocenters. The first kappa shape index (κ1) is 15.8. The second-order valence-corrected chi connectivity index (χ2v) is 4.02.